The van der Waals surface area contributed by atoms with Crippen molar-refractivity contribution in [2.75, 3.05) is 11.9 Å². The van der Waals surface area contributed by atoms with Gasteiger partial charge in [0.15, 0.2) is 5.82 Å². The number of anilines is 1. The van der Waals surface area contributed by atoms with E-state index >= 15 is 0 Å². The van der Waals surface area contributed by atoms with Gasteiger partial charge in [-0.05, 0) is 32.3 Å². The monoisotopic (exact) mass is 269 g/mol. The van der Waals surface area contributed by atoms with E-state index < -0.39 is 0 Å². The zero-order valence-corrected chi connectivity index (χ0v) is 12.8. The summed E-state index contributed by atoms with van der Waals surface area (Å²) in [5.74, 6) is 1.79. The van der Waals surface area contributed by atoms with Gasteiger partial charge < -0.3 is 5.32 Å². The fourth-order valence-electron chi connectivity index (χ4n) is 2.27. The van der Waals surface area contributed by atoms with E-state index in [1.807, 2.05) is 12.1 Å². The molecular weight excluding hydrogens is 246 g/mol. The van der Waals surface area contributed by atoms with Crippen LogP contribution < -0.4 is 5.32 Å². The largest absolute Gasteiger partial charge is 0.370 e. The van der Waals surface area contributed by atoms with Crippen molar-refractivity contribution < 1.29 is 0 Å². The molecule has 0 saturated carbocycles. The molecule has 3 heteroatoms. The van der Waals surface area contributed by atoms with Crippen LogP contribution in [-0.2, 0) is 6.42 Å². The molecule has 0 fully saturated rings. The van der Waals surface area contributed by atoms with Crippen molar-refractivity contribution >= 4 is 5.82 Å². The van der Waals surface area contributed by atoms with Crippen LogP contribution in [0.15, 0.2) is 24.3 Å². The normalized spacial score (nSPS) is 10.6. The molecule has 0 amide bonds. The topological polar surface area (TPSA) is 37.8 Å². The van der Waals surface area contributed by atoms with E-state index in [0.29, 0.717) is 0 Å². The van der Waals surface area contributed by atoms with Crippen molar-refractivity contribution in [2.24, 2.45) is 0 Å². The predicted molar refractivity (Wildman–Crippen MR) is 85.1 cm³/mol. The summed E-state index contributed by atoms with van der Waals surface area (Å²) in [6, 6.07) is 8.27. The van der Waals surface area contributed by atoms with Crippen molar-refractivity contribution in [3.8, 4) is 11.4 Å². The van der Waals surface area contributed by atoms with Crippen LogP contribution in [0.5, 0.6) is 0 Å². The van der Waals surface area contributed by atoms with Gasteiger partial charge >= 0.3 is 0 Å². The van der Waals surface area contributed by atoms with E-state index in [2.05, 4.69) is 45.1 Å². The van der Waals surface area contributed by atoms with Crippen LogP contribution in [0.25, 0.3) is 11.4 Å². The molecule has 0 aliphatic heterocycles. The number of benzene rings is 1. The summed E-state index contributed by atoms with van der Waals surface area (Å²) in [5.41, 5.74) is 4.61. The number of nitrogens with zero attached hydrogens (tertiary/aromatic N) is 2. The third kappa shape index (κ3) is 2.98. The van der Waals surface area contributed by atoms with E-state index in [1.54, 1.807) is 0 Å². The first-order valence-electron chi connectivity index (χ1n) is 7.34. The van der Waals surface area contributed by atoms with E-state index in [1.165, 1.54) is 11.1 Å². The minimum atomic E-state index is 0.823. The van der Waals surface area contributed by atoms with Gasteiger partial charge in [-0.3, -0.25) is 0 Å². The van der Waals surface area contributed by atoms with Crippen LogP contribution in [0.2, 0.25) is 0 Å². The van der Waals surface area contributed by atoms with Crippen LogP contribution in [0, 0.1) is 13.8 Å². The van der Waals surface area contributed by atoms with Crippen molar-refractivity contribution in [1.29, 1.82) is 0 Å². The van der Waals surface area contributed by atoms with Crippen molar-refractivity contribution in [3.05, 3.63) is 41.1 Å². The lowest BCUT2D eigenvalue weighted by Gasteiger charge is -2.14. The van der Waals surface area contributed by atoms with Gasteiger partial charge in [-0.25, -0.2) is 9.97 Å². The smallest absolute Gasteiger partial charge is 0.162 e. The lowest BCUT2D eigenvalue weighted by molar-refractivity contribution is 0.936. The number of rotatable bonds is 5. The molecule has 20 heavy (non-hydrogen) atoms. The third-order valence-electron chi connectivity index (χ3n) is 3.51. The molecule has 2 aromatic rings. The molecule has 1 N–H and O–H groups in total. The Morgan fingerprint density at radius 3 is 2.45 bits per heavy atom. The lowest BCUT2D eigenvalue weighted by Crippen LogP contribution is -2.09. The van der Waals surface area contributed by atoms with Gasteiger partial charge in [0.25, 0.3) is 0 Å². The quantitative estimate of drug-likeness (QED) is 0.886. The first kappa shape index (κ1) is 14.5. The minimum absolute atomic E-state index is 0.823. The van der Waals surface area contributed by atoms with Crippen LogP contribution >= 0.6 is 0 Å². The standard InChI is InChI=1S/C17H23N3/c1-5-11-18-16-13(4)15(6-2)19-17(20-16)14-10-8-7-9-12(14)3/h7-10H,5-6,11H2,1-4H3,(H,18,19,20). The highest BCUT2D eigenvalue weighted by Gasteiger charge is 2.12. The maximum absolute atomic E-state index is 4.74. The second-order valence-electron chi connectivity index (χ2n) is 5.06. The second-order valence-corrected chi connectivity index (χ2v) is 5.06. The molecule has 3 nitrogen and oxygen atoms in total. The Morgan fingerprint density at radius 1 is 1.05 bits per heavy atom. The second kappa shape index (κ2) is 6.51. The molecule has 1 aromatic carbocycles. The van der Waals surface area contributed by atoms with Gasteiger partial charge in [-0.15, -0.1) is 0 Å². The van der Waals surface area contributed by atoms with Crippen molar-refractivity contribution in [3.63, 3.8) is 0 Å². The summed E-state index contributed by atoms with van der Waals surface area (Å²) in [7, 11) is 0. The lowest BCUT2D eigenvalue weighted by atomic mass is 10.1. The first-order valence-corrected chi connectivity index (χ1v) is 7.34. The maximum Gasteiger partial charge on any atom is 0.162 e. The molecule has 0 radical (unpaired) electrons. The van der Waals surface area contributed by atoms with Gasteiger partial charge in [0.05, 0.1) is 0 Å². The molecule has 1 heterocycles. The Kier molecular flexibility index (Phi) is 4.72. The van der Waals surface area contributed by atoms with Gasteiger partial charge in [-0.1, -0.05) is 38.1 Å². The molecule has 0 spiro atoms. The molecule has 0 bridgehead atoms. The van der Waals surface area contributed by atoms with Crippen LogP contribution in [0.3, 0.4) is 0 Å². The average Bonchev–Trinajstić information content (AvgIpc) is 2.47. The molecular formula is C17H23N3. The van der Waals surface area contributed by atoms with E-state index in [-0.39, 0.29) is 0 Å². The summed E-state index contributed by atoms with van der Waals surface area (Å²) >= 11 is 0. The van der Waals surface area contributed by atoms with Gasteiger partial charge in [0.1, 0.15) is 5.82 Å². The Labute approximate surface area is 121 Å². The van der Waals surface area contributed by atoms with E-state index in [4.69, 9.17) is 9.97 Å². The number of aromatic nitrogens is 2. The molecule has 0 atom stereocenters. The predicted octanol–water partition coefficient (Wildman–Crippen LogP) is 4.14. The van der Waals surface area contributed by atoms with Crippen molar-refractivity contribution in [1.82, 2.24) is 9.97 Å². The Balaban J connectivity index is 2.51. The van der Waals surface area contributed by atoms with Crippen LogP contribution in [0.1, 0.15) is 37.1 Å². The molecule has 0 saturated heterocycles. The Bertz CT molecular complexity index is 591. The average molecular weight is 269 g/mol. The molecule has 0 unspecified atom stereocenters. The zero-order chi connectivity index (χ0) is 14.5. The fraction of sp³-hybridized carbons (Fsp3) is 0.412. The number of hydrogen-bond donors (Lipinski definition) is 1. The van der Waals surface area contributed by atoms with Gasteiger partial charge in [-0.2, -0.15) is 0 Å². The molecule has 0 aliphatic carbocycles. The molecule has 106 valence electrons. The first-order chi connectivity index (χ1) is 9.67. The van der Waals surface area contributed by atoms with E-state index in [0.717, 1.165) is 42.3 Å². The highest BCUT2D eigenvalue weighted by Crippen LogP contribution is 2.24. The van der Waals surface area contributed by atoms with Gasteiger partial charge in [0.2, 0.25) is 0 Å². The minimum Gasteiger partial charge on any atom is -0.370 e. The highest BCUT2D eigenvalue weighted by atomic mass is 15.0. The summed E-state index contributed by atoms with van der Waals surface area (Å²) < 4.78 is 0. The molecule has 2 rings (SSSR count). The Morgan fingerprint density at radius 2 is 1.80 bits per heavy atom. The summed E-state index contributed by atoms with van der Waals surface area (Å²) in [5, 5.41) is 3.42. The van der Waals surface area contributed by atoms with Crippen molar-refractivity contribution in [2.45, 2.75) is 40.5 Å². The number of aryl methyl sites for hydroxylation is 2. The number of hydrogen-bond acceptors (Lipinski definition) is 3. The maximum atomic E-state index is 4.74. The highest BCUT2D eigenvalue weighted by molar-refractivity contribution is 5.63. The molecule has 1 aromatic heterocycles. The van der Waals surface area contributed by atoms with Crippen LogP contribution in [0.4, 0.5) is 5.82 Å². The SMILES string of the molecule is CCCNc1nc(-c2ccccc2C)nc(CC)c1C. The Hall–Kier alpha value is -1.90. The summed E-state index contributed by atoms with van der Waals surface area (Å²) in [6.45, 7) is 9.43. The van der Waals surface area contributed by atoms with E-state index in [9.17, 15) is 0 Å². The number of nitrogens with one attached hydrogen (secondary N) is 1. The molecule has 0 aliphatic rings. The fourth-order valence-corrected chi connectivity index (χ4v) is 2.27. The van der Waals surface area contributed by atoms with Gasteiger partial charge in [0, 0.05) is 23.4 Å². The zero-order valence-electron chi connectivity index (χ0n) is 12.8. The van der Waals surface area contributed by atoms with Crippen LogP contribution in [-0.4, -0.2) is 16.5 Å². The summed E-state index contributed by atoms with van der Waals surface area (Å²) in [4.78, 5) is 9.47. The summed E-state index contributed by atoms with van der Waals surface area (Å²) in [6.07, 6.45) is 2.01. The third-order valence-corrected chi connectivity index (χ3v) is 3.51.